The lowest BCUT2D eigenvalue weighted by atomic mass is 10.2. The molecule has 1 aliphatic rings. The number of halogens is 1. The fourth-order valence-corrected chi connectivity index (χ4v) is 5.85. The monoisotopic (exact) mass is 484 g/mol. The lowest BCUT2D eigenvalue weighted by molar-refractivity contribution is 0.291. The minimum absolute atomic E-state index is 0.195. The van der Waals surface area contributed by atoms with Gasteiger partial charge in [-0.25, -0.2) is 8.42 Å². The SMILES string of the molecule is O=S(=O)(c1cccc2cccnc12)N1CCCC1c1nc(-c2ccc(Br)cc2)no1. The quantitative estimate of drug-likeness (QED) is 0.421. The van der Waals surface area contributed by atoms with Gasteiger partial charge in [-0.3, -0.25) is 4.98 Å². The third-order valence-electron chi connectivity index (χ3n) is 5.22. The number of nitrogens with zero attached hydrogens (tertiary/aromatic N) is 4. The topological polar surface area (TPSA) is 89.2 Å². The fraction of sp³-hybridized carbons (Fsp3) is 0.190. The molecule has 0 N–H and O–H groups in total. The van der Waals surface area contributed by atoms with E-state index < -0.39 is 16.1 Å². The number of benzene rings is 2. The highest BCUT2D eigenvalue weighted by atomic mass is 79.9. The number of fused-ring (bicyclic) bond motifs is 1. The van der Waals surface area contributed by atoms with Crippen LogP contribution >= 0.6 is 15.9 Å². The van der Waals surface area contributed by atoms with Gasteiger partial charge in [0, 0.05) is 28.2 Å². The predicted octanol–water partition coefficient (Wildman–Crippen LogP) is 4.57. The molecule has 0 spiro atoms. The Morgan fingerprint density at radius 3 is 2.70 bits per heavy atom. The Morgan fingerprint density at radius 2 is 1.87 bits per heavy atom. The summed E-state index contributed by atoms with van der Waals surface area (Å²) in [7, 11) is -3.79. The summed E-state index contributed by atoms with van der Waals surface area (Å²) in [4.78, 5) is 9.00. The summed E-state index contributed by atoms with van der Waals surface area (Å²) < 4.78 is 35.0. The fourth-order valence-electron chi connectivity index (χ4n) is 3.77. The average Bonchev–Trinajstić information content (AvgIpc) is 3.44. The summed E-state index contributed by atoms with van der Waals surface area (Å²) in [6.45, 7) is 0.395. The third kappa shape index (κ3) is 3.32. The van der Waals surface area contributed by atoms with Gasteiger partial charge in [-0.15, -0.1) is 0 Å². The van der Waals surface area contributed by atoms with E-state index in [-0.39, 0.29) is 4.90 Å². The molecule has 0 radical (unpaired) electrons. The summed E-state index contributed by atoms with van der Waals surface area (Å²) in [5.74, 6) is 0.746. The second-order valence-electron chi connectivity index (χ2n) is 7.07. The molecule has 9 heteroatoms. The molecule has 152 valence electrons. The van der Waals surface area contributed by atoms with Crippen molar-refractivity contribution in [3.63, 3.8) is 0 Å². The zero-order valence-corrected chi connectivity index (χ0v) is 18.2. The Kier molecular flexibility index (Phi) is 4.88. The van der Waals surface area contributed by atoms with Crippen LogP contribution in [0, 0.1) is 0 Å². The molecule has 1 unspecified atom stereocenters. The molecular weight excluding hydrogens is 468 g/mol. The molecule has 1 aliphatic heterocycles. The van der Waals surface area contributed by atoms with Crippen LogP contribution in [-0.2, 0) is 10.0 Å². The van der Waals surface area contributed by atoms with Crippen molar-refractivity contribution in [2.45, 2.75) is 23.8 Å². The Labute approximate surface area is 181 Å². The van der Waals surface area contributed by atoms with E-state index in [2.05, 4.69) is 31.1 Å². The van der Waals surface area contributed by atoms with Crippen molar-refractivity contribution in [2.24, 2.45) is 0 Å². The van der Waals surface area contributed by atoms with Crippen molar-refractivity contribution in [3.8, 4) is 11.4 Å². The Hall–Kier alpha value is -2.62. The van der Waals surface area contributed by atoms with E-state index in [0.717, 1.165) is 21.8 Å². The molecule has 0 bridgehead atoms. The Balaban J connectivity index is 1.51. The number of aromatic nitrogens is 3. The van der Waals surface area contributed by atoms with Crippen molar-refractivity contribution >= 4 is 36.9 Å². The normalized spacial score (nSPS) is 17.6. The van der Waals surface area contributed by atoms with Crippen LogP contribution in [0.15, 0.2) is 74.7 Å². The Bertz CT molecular complexity index is 1320. The van der Waals surface area contributed by atoms with Gasteiger partial charge in [0.15, 0.2) is 0 Å². The molecule has 0 saturated carbocycles. The standard InChI is InChI=1S/C21H17BrN4O3S/c22-16-10-8-15(9-11-16)20-24-21(29-25-20)17-6-3-13-26(17)30(27,28)18-7-1-4-14-5-2-12-23-19(14)18/h1-2,4-5,7-12,17H,3,6,13H2. The minimum Gasteiger partial charge on any atom is -0.337 e. The van der Waals surface area contributed by atoms with Crippen LogP contribution in [0.3, 0.4) is 0 Å². The third-order valence-corrected chi connectivity index (χ3v) is 7.68. The number of hydrogen-bond donors (Lipinski definition) is 0. The molecule has 0 amide bonds. The van der Waals surface area contributed by atoms with Crippen LogP contribution in [0.2, 0.25) is 0 Å². The number of rotatable bonds is 4. The smallest absolute Gasteiger partial charge is 0.245 e. The van der Waals surface area contributed by atoms with Crippen LogP contribution in [0.4, 0.5) is 0 Å². The molecule has 1 fully saturated rings. The van der Waals surface area contributed by atoms with Gasteiger partial charge in [-0.2, -0.15) is 9.29 Å². The summed E-state index contributed by atoms with van der Waals surface area (Å²) in [6.07, 6.45) is 2.95. The minimum atomic E-state index is -3.79. The van der Waals surface area contributed by atoms with Crippen molar-refractivity contribution in [1.29, 1.82) is 0 Å². The first kappa shape index (κ1) is 19.3. The average molecular weight is 485 g/mol. The van der Waals surface area contributed by atoms with Crippen LogP contribution < -0.4 is 0 Å². The molecule has 2 aromatic carbocycles. The largest absolute Gasteiger partial charge is 0.337 e. The van der Waals surface area contributed by atoms with Gasteiger partial charge in [0.1, 0.15) is 10.9 Å². The molecule has 2 aromatic heterocycles. The first-order valence-corrected chi connectivity index (χ1v) is 11.7. The van der Waals surface area contributed by atoms with Gasteiger partial charge in [0.2, 0.25) is 21.7 Å². The first-order valence-electron chi connectivity index (χ1n) is 9.49. The lowest BCUT2D eigenvalue weighted by Crippen LogP contribution is -2.31. The molecule has 3 heterocycles. The number of para-hydroxylation sites is 1. The van der Waals surface area contributed by atoms with E-state index in [4.69, 9.17) is 4.52 Å². The molecular formula is C21H17BrN4O3S. The van der Waals surface area contributed by atoms with E-state index >= 15 is 0 Å². The van der Waals surface area contributed by atoms with E-state index in [1.807, 2.05) is 36.4 Å². The molecule has 0 aliphatic carbocycles. The molecule has 1 atom stereocenters. The van der Waals surface area contributed by atoms with E-state index in [9.17, 15) is 8.42 Å². The van der Waals surface area contributed by atoms with Gasteiger partial charge in [-0.1, -0.05) is 39.3 Å². The van der Waals surface area contributed by atoms with Crippen molar-refractivity contribution in [1.82, 2.24) is 19.4 Å². The Morgan fingerprint density at radius 1 is 1.07 bits per heavy atom. The second kappa shape index (κ2) is 7.57. The molecule has 30 heavy (non-hydrogen) atoms. The zero-order chi connectivity index (χ0) is 20.7. The van der Waals surface area contributed by atoms with Crippen LogP contribution in [-0.4, -0.2) is 34.4 Å². The van der Waals surface area contributed by atoms with Crippen LogP contribution in [0.1, 0.15) is 24.8 Å². The van der Waals surface area contributed by atoms with Crippen LogP contribution in [0.25, 0.3) is 22.3 Å². The summed E-state index contributed by atoms with van der Waals surface area (Å²) >= 11 is 3.40. The molecule has 4 aromatic rings. The van der Waals surface area contributed by atoms with Gasteiger partial charge < -0.3 is 4.52 Å². The number of hydrogen-bond acceptors (Lipinski definition) is 6. The van der Waals surface area contributed by atoms with Crippen LogP contribution in [0.5, 0.6) is 0 Å². The van der Waals surface area contributed by atoms with E-state index in [1.54, 1.807) is 24.4 Å². The molecule has 5 rings (SSSR count). The van der Waals surface area contributed by atoms with Crippen molar-refractivity contribution < 1.29 is 12.9 Å². The first-order chi connectivity index (χ1) is 14.5. The molecule has 7 nitrogen and oxygen atoms in total. The lowest BCUT2D eigenvalue weighted by Gasteiger charge is -2.21. The zero-order valence-electron chi connectivity index (χ0n) is 15.8. The molecule has 1 saturated heterocycles. The maximum Gasteiger partial charge on any atom is 0.245 e. The van der Waals surface area contributed by atoms with Gasteiger partial charge >= 0.3 is 0 Å². The summed E-state index contributed by atoms with van der Waals surface area (Å²) in [5, 5.41) is 4.85. The van der Waals surface area contributed by atoms with E-state index in [1.165, 1.54) is 4.31 Å². The number of pyridine rings is 1. The summed E-state index contributed by atoms with van der Waals surface area (Å²) in [5.41, 5.74) is 1.27. The summed E-state index contributed by atoms with van der Waals surface area (Å²) in [6, 6.07) is 15.9. The van der Waals surface area contributed by atoms with E-state index in [0.29, 0.717) is 30.2 Å². The van der Waals surface area contributed by atoms with Gasteiger partial charge in [0.05, 0.1) is 5.52 Å². The highest BCUT2D eigenvalue weighted by Crippen LogP contribution is 2.37. The maximum absolute atomic E-state index is 13.5. The maximum atomic E-state index is 13.5. The van der Waals surface area contributed by atoms with Crippen molar-refractivity contribution in [3.05, 3.63) is 71.2 Å². The number of sulfonamides is 1. The highest BCUT2D eigenvalue weighted by Gasteiger charge is 2.40. The highest BCUT2D eigenvalue weighted by molar-refractivity contribution is 9.10. The van der Waals surface area contributed by atoms with Gasteiger partial charge in [-0.05, 0) is 49.2 Å². The van der Waals surface area contributed by atoms with Gasteiger partial charge in [0.25, 0.3) is 0 Å². The second-order valence-corrected chi connectivity index (χ2v) is 9.84. The van der Waals surface area contributed by atoms with Crippen molar-refractivity contribution in [2.75, 3.05) is 6.54 Å². The predicted molar refractivity (Wildman–Crippen MR) is 115 cm³/mol.